The first-order valence-electron chi connectivity index (χ1n) is 7.04. The van der Waals surface area contributed by atoms with Crippen LogP contribution in [0.1, 0.15) is 32.6 Å². The van der Waals surface area contributed by atoms with Gasteiger partial charge in [-0.1, -0.05) is 25.5 Å². The maximum Gasteiger partial charge on any atom is -0.00496 e. The molecule has 0 amide bonds. The summed E-state index contributed by atoms with van der Waals surface area (Å²) in [6.45, 7) is 2.42. The normalized spacial score (nSPS) is 71.1. The fourth-order valence-corrected chi connectivity index (χ4v) is 5.71. The molecule has 0 nitrogen and oxygen atoms in total. The lowest BCUT2D eigenvalue weighted by Gasteiger charge is -2.37. The largest absolute Gasteiger partial charge is 0.0845 e. The minimum absolute atomic E-state index is 0.774. The van der Waals surface area contributed by atoms with Crippen molar-refractivity contribution >= 4 is 0 Å². The maximum absolute atomic E-state index is 2.64. The predicted molar refractivity (Wildman–Crippen MR) is 60.1 cm³/mol. The summed E-state index contributed by atoms with van der Waals surface area (Å²) in [7, 11) is 0. The quantitative estimate of drug-likeness (QED) is 0.599. The molecule has 5 rings (SSSR count). The van der Waals surface area contributed by atoms with Gasteiger partial charge < -0.3 is 0 Å². The smallest absolute Gasteiger partial charge is 0.00496 e. The molecular weight excluding hydrogens is 180 g/mol. The molecule has 0 aromatic heterocycles. The molecule has 15 heavy (non-hydrogen) atoms. The van der Waals surface area contributed by atoms with Crippen LogP contribution in [0.4, 0.5) is 0 Å². The summed E-state index contributed by atoms with van der Waals surface area (Å²) in [6.07, 6.45) is 11.4. The Morgan fingerprint density at radius 2 is 2.13 bits per heavy atom. The molecule has 0 heteroatoms. The highest BCUT2D eigenvalue weighted by Gasteiger charge is 2.74. The molecule has 8 atom stereocenters. The van der Waals surface area contributed by atoms with Crippen LogP contribution in [0.15, 0.2) is 12.2 Å². The molecule has 4 fully saturated rings. The van der Waals surface area contributed by atoms with Gasteiger partial charge in [-0.2, -0.15) is 0 Å². The Kier molecular flexibility index (Phi) is 1.10. The highest BCUT2D eigenvalue weighted by molar-refractivity contribution is 5.34. The minimum Gasteiger partial charge on any atom is -0.0845 e. The van der Waals surface area contributed by atoms with Crippen LogP contribution in [0, 0.1) is 46.8 Å². The van der Waals surface area contributed by atoms with Gasteiger partial charge in [0.1, 0.15) is 0 Å². The topological polar surface area (TPSA) is 0 Å². The summed E-state index contributed by atoms with van der Waals surface area (Å²) in [5.41, 5.74) is 0.774. The third-order valence-corrected chi connectivity index (χ3v) is 6.65. The van der Waals surface area contributed by atoms with E-state index >= 15 is 0 Å². The van der Waals surface area contributed by atoms with E-state index in [2.05, 4.69) is 19.1 Å². The van der Waals surface area contributed by atoms with Gasteiger partial charge in [-0.3, -0.25) is 0 Å². The summed E-state index contributed by atoms with van der Waals surface area (Å²) < 4.78 is 0. The molecule has 5 aliphatic carbocycles. The van der Waals surface area contributed by atoms with E-state index in [1.54, 1.807) is 19.3 Å². The molecule has 0 aromatic rings. The van der Waals surface area contributed by atoms with Crippen LogP contribution < -0.4 is 0 Å². The van der Waals surface area contributed by atoms with E-state index in [1.165, 1.54) is 24.2 Å². The van der Waals surface area contributed by atoms with Gasteiger partial charge in [-0.25, -0.2) is 0 Å². The van der Waals surface area contributed by atoms with Crippen LogP contribution in [-0.4, -0.2) is 0 Å². The highest BCUT2D eigenvalue weighted by atomic mass is 14.8. The third-order valence-electron chi connectivity index (χ3n) is 6.65. The molecule has 0 heterocycles. The van der Waals surface area contributed by atoms with Gasteiger partial charge in [0.15, 0.2) is 0 Å². The molecule has 4 saturated carbocycles. The lowest BCUT2D eigenvalue weighted by atomic mass is 9.68. The van der Waals surface area contributed by atoms with E-state index in [0.29, 0.717) is 0 Å². The second-order valence-corrected chi connectivity index (χ2v) is 7.00. The zero-order chi connectivity index (χ0) is 9.78. The van der Waals surface area contributed by atoms with E-state index in [0.717, 1.165) is 29.1 Å². The Morgan fingerprint density at radius 3 is 2.80 bits per heavy atom. The van der Waals surface area contributed by atoms with Crippen molar-refractivity contribution in [1.29, 1.82) is 0 Å². The van der Waals surface area contributed by atoms with Crippen molar-refractivity contribution in [3.63, 3.8) is 0 Å². The van der Waals surface area contributed by atoms with Crippen molar-refractivity contribution < 1.29 is 0 Å². The molecule has 80 valence electrons. The Balaban J connectivity index is 1.43. The van der Waals surface area contributed by atoms with E-state index in [1.807, 2.05) is 0 Å². The summed E-state index contributed by atoms with van der Waals surface area (Å²) in [5.74, 6) is 8.00. The summed E-state index contributed by atoms with van der Waals surface area (Å²) in [4.78, 5) is 0. The average Bonchev–Trinajstić information content (AvgIpc) is 3.07. The molecule has 1 spiro atoms. The molecule has 0 saturated heterocycles. The van der Waals surface area contributed by atoms with Gasteiger partial charge in [0.2, 0.25) is 0 Å². The van der Waals surface area contributed by atoms with Crippen molar-refractivity contribution in [1.82, 2.24) is 0 Å². The van der Waals surface area contributed by atoms with Crippen LogP contribution in [0.2, 0.25) is 0 Å². The molecule has 0 bridgehead atoms. The second-order valence-electron chi connectivity index (χ2n) is 7.00. The first-order chi connectivity index (χ1) is 7.35. The Bertz CT molecular complexity index is 368. The van der Waals surface area contributed by atoms with Gasteiger partial charge >= 0.3 is 0 Å². The summed E-state index contributed by atoms with van der Waals surface area (Å²) >= 11 is 0. The van der Waals surface area contributed by atoms with Crippen molar-refractivity contribution in [3.05, 3.63) is 12.2 Å². The minimum atomic E-state index is 0.774. The van der Waals surface area contributed by atoms with E-state index < -0.39 is 0 Å². The zero-order valence-electron chi connectivity index (χ0n) is 9.52. The average molecular weight is 200 g/mol. The second kappa shape index (κ2) is 2.08. The van der Waals surface area contributed by atoms with E-state index in [4.69, 9.17) is 0 Å². The van der Waals surface area contributed by atoms with Crippen LogP contribution in [0.3, 0.4) is 0 Å². The fourth-order valence-electron chi connectivity index (χ4n) is 5.71. The standard InChI is InChI=1S/C15H20/c1-2-9-10-6-11(10)14(9)13-7-15(13)4-3-8-5-12(8)15/h3-4,8-14H,2,5-7H2,1H3. The van der Waals surface area contributed by atoms with E-state index in [9.17, 15) is 0 Å². The molecule has 5 aliphatic rings. The predicted octanol–water partition coefficient (Wildman–Crippen LogP) is 3.49. The van der Waals surface area contributed by atoms with Gasteiger partial charge in [0.05, 0.1) is 0 Å². The number of rotatable bonds is 2. The van der Waals surface area contributed by atoms with Crippen molar-refractivity contribution in [2.45, 2.75) is 32.6 Å². The van der Waals surface area contributed by atoms with Crippen LogP contribution >= 0.6 is 0 Å². The molecule has 0 aromatic carbocycles. The molecule has 0 aliphatic heterocycles. The SMILES string of the molecule is CCC1C2CC2C1C1CC12C=CC1CC12. The maximum atomic E-state index is 2.64. The Morgan fingerprint density at radius 1 is 1.20 bits per heavy atom. The third kappa shape index (κ3) is 0.736. The van der Waals surface area contributed by atoms with Gasteiger partial charge in [-0.15, -0.1) is 0 Å². The Labute approximate surface area is 92.1 Å². The fraction of sp³-hybridized carbons (Fsp3) is 0.867. The van der Waals surface area contributed by atoms with Gasteiger partial charge in [0, 0.05) is 0 Å². The number of fused-ring (bicyclic) bond motifs is 3. The monoisotopic (exact) mass is 200 g/mol. The number of hydrogen-bond donors (Lipinski definition) is 0. The number of allylic oxidation sites excluding steroid dienone is 2. The number of hydrogen-bond acceptors (Lipinski definition) is 0. The highest BCUT2D eigenvalue weighted by Crippen LogP contribution is 2.81. The molecule has 0 radical (unpaired) electrons. The van der Waals surface area contributed by atoms with E-state index in [-0.39, 0.29) is 0 Å². The first kappa shape index (κ1) is 7.92. The van der Waals surface area contributed by atoms with Gasteiger partial charge in [-0.05, 0) is 66.1 Å². The van der Waals surface area contributed by atoms with Gasteiger partial charge in [0.25, 0.3) is 0 Å². The molecular formula is C15H20. The lowest BCUT2D eigenvalue weighted by molar-refractivity contribution is 0.109. The lowest BCUT2D eigenvalue weighted by Crippen LogP contribution is -2.32. The van der Waals surface area contributed by atoms with Crippen LogP contribution in [0.5, 0.6) is 0 Å². The Hall–Kier alpha value is -0.260. The summed E-state index contributed by atoms with van der Waals surface area (Å²) in [5, 5.41) is 0. The first-order valence-corrected chi connectivity index (χ1v) is 7.04. The van der Waals surface area contributed by atoms with Crippen LogP contribution in [0.25, 0.3) is 0 Å². The van der Waals surface area contributed by atoms with Crippen molar-refractivity contribution in [2.24, 2.45) is 46.8 Å². The molecule has 8 unspecified atom stereocenters. The van der Waals surface area contributed by atoms with Crippen molar-refractivity contribution in [2.75, 3.05) is 0 Å². The van der Waals surface area contributed by atoms with Crippen LogP contribution in [-0.2, 0) is 0 Å². The summed E-state index contributed by atoms with van der Waals surface area (Å²) in [6, 6.07) is 0. The van der Waals surface area contributed by atoms with Crippen molar-refractivity contribution in [3.8, 4) is 0 Å². The molecule has 0 N–H and O–H groups in total. The zero-order valence-corrected chi connectivity index (χ0v) is 9.52.